The standard InChI is InChI=1S/C12H18ClNS/c1-4-15-12-6-5-11(13)7-10(12)8-14-9(2)3/h5-7,9,14H,4,8H2,1-3H3. The van der Waals surface area contributed by atoms with Crippen molar-refractivity contribution in [3.63, 3.8) is 0 Å². The Morgan fingerprint density at radius 3 is 2.73 bits per heavy atom. The van der Waals surface area contributed by atoms with Gasteiger partial charge in [-0.1, -0.05) is 32.4 Å². The molecule has 1 nitrogen and oxygen atoms in total. The first-order valence-electron chi connectivity index (χ1n) is 5.28. The monoisotopic (exact) mass is 243 g/mol. The molecule has 0 fully saturated rings. The minimum atomic E-state index is 0.503. The van der Waals surface area contributed by atoms with Crippen molar-refractivity contribution in [3.05, 3.63) is 28.8 Å². The van der Waals surface area contributed by atoms with Gasteiger partial charge in [-0.15, -0.1) is 11.8 Å². The SMILES string of the molecule is CCSc1ccc(Cl)cc1CNC(C)C. The molecule has 0 unspecified atom stereocenters. The van der Waals surface area contributed by atoms with Crippen molar-refractivity contribution in [2.75, 3.05) is 5.75 Å². The Morgan fingerprint density at radius 2 is 2.13 bits per heavy atom. The van der Waals surface area contributed by atoms with Crippen LogP contribution in [-0.4, -0.2) is 11.8 Å². The Kier molecular flexibility index (Phi) is 5.51. The number of benzene rings is 1. The lowest BCUT2D eigenvalue weighted by Gasteiger charge is -2.12. The summed E-state index contributed by atoms with van der Waals surface area (Å²) >= 11 is 7.86. The van der Waals surface area contributed by atoms with Crippen molar-refractivity contribution in [2.24, 2.45) is 0 Å². The van der Waals surface area contributed by atoms with E-state index in [2.05, 4.69) is 38.2 Å². The summed E-state index contributed by atoms with van der Waals surface area (Å²) in [6.45, 7) is 7.36. The van der Waals surface area contributed by atoms with Gasteiger partial charge in [0.25, 0.3) is 0 Å². The molecule has 0 bridgehead atoms. The molecule has 84 valence electrons. The Bertz CT molecular complexity index is 312. The number of rotatable bonds is 5. The maximum absolute atomic E-state index is 6.00. The quantitative estimate of drug-likeness (QED) is 0.786. The number of thioether (sulfide) groups is 1. The second kappa shape index (κ2) is 6.41. The third-order valence-corrected chi connectivity index (χ3v) is 3.26. The predicted molar refractivity (Wildman–Crippen MR) is 69.8 cm³/mol. The molecular formula is C12H18ClNS. The maximum atomic E-state index is 6.00. The molecule has 0 spiro atoms. The van der Waals surface area contributed by atoms with E-state index in [0.29, 0.717) is 6.04 Å². The highest BCUT2D eigenvalue weighted by Crippen LogP contribution is 2.25. The van der Waals surface area contributed by atoms with Crippen molar-refractivity contribution < 1.29 is 0 Å². The van der Waals surface area contributed by atoms with E-state index in [-0.39, 0.29) is 0 Å². The molecule has 1 aromatic rings. The minimum Gasteiger partial charge on any atom is -0.310 e. The number of halogens is 1. The van der Waals surface area contributed by atoms with E-state index >= 15 is 0 Å². The van der Waals surface area contributed by atoms with Gasteiger partial charge < -0.3 is 5.32 Å². The molecule has 0 aliphatic heterocycles. The molecule has 0 amide bonds. The summed E-state index contributed by atoms with van der Waals surface area (Å²) in [5.41, 5.74) is 1.29. The average Bonchev–Trinajstić information content (AvgIpc) is 2.18. The molecule has 1 aromatic carbocycles. The van der Waals surface area contributed by atoms with Gasteiger partial charge in [-0.05, 0) is 29.5 Å². The first-order valence-corrected chi connectivity index (χ1v) is 6.64. The van der Waals surface area contributed by atoms with Crippen LogP contribution in [0.1, 0.15) is 26.3 Å². The van der Waals surface area contributed by atoms with Crippen molar-refractivity contribution in [2.45, 2.75) is 38.3 Å². The zero-order valence-corrected chi connectivity index (χ0v) is 11.1. The topological polar surface area (TPSA) is 12.0 Å². The fraction of sp³-hybridized carbons (Fsp3) is 0.500. The molecule has 15 heavy (non-hydrogen) atoms. The largest absolute Gasteiger partial charge is 0.310 e. The second-order valence-corrected chi connectivity index (χ2v) is 5.46. The van der Waals surface area contributed by atoms with E-state index < -0.39 is 0 Å². The third kappa shape index (κ3) is 4.45. The van der Waals surface area contributed by atoms with Gasteiger partial charge in [-0.3, -0.25) is 0 Å². The number of nitrogens with one attached hydrogen (secondary N) is 1. The van der Waals surface area contributed by atoms with Gasteiger partial charge in [0.15, 0.2) is 0 Å². The van der Waals surface area contributed by atoms with Crippen molar-refractivity contribution in [3.8, 4) is 0 Å². The summed E-state index contributed by atoms with van der Waals surface area (Å²) in [4.78, 5) is 1.33. The minimum absolute atomic E-state index is 0.503. The van der Waals surface area contributed by atoms with Crippen LogP contribution in [0.5, 0.6) is 0 Å². The zero-order valence-electron chi connectivity index (χ0n) is 9.51. The Hall–Kier alpha value is -0.180. The van der Waals surface area contributed by atoms with Crippen LogP contribution in [0.4, 0.5) is 0 Å². The molecule has 1 rings (SSSR count). The summed E-state index contributed by atoms with van der Waals surface area (Å²) in [5.74, 6) is 1.09. The fourth-order valence-corrected chi connectivity index (χ4v) is 2.28. The van der Waals surface area contributed by atoms with E-state index in [9.17, 15) is 0 Å². The maximum Gasteiger partial charge on any atom is 0.0410 e. The zero-order chi connectivity index (χ0) is 11.3. The van der Waals surface area contributed by atoms with Crippen molar-refractivity contribution >= 4 is 23.4 Å². The van der Waals surface area contributed by atoms with Crippen LogP contribution in [0.2, 0.25) is 5.02 Å². The highest BCUT2D eigenvalue weighted by molar-refractivity contribution is 7.99. The highest BCUT2D eigenvalue weighted by atomic mass is 35.5. The van der Waals surface area contributed by atoms with Crippen LogP contribution < -0.4 is 5.32 Å². The molecular weight excluding hydrogens is 226 g/mol. The molecule has 0 heterocycles. The van der Waals surface area contributed by atoms with E-state index in [1.807, 2.05) is 17.8 Å². The van der Waals surface area contributed by atoms with Crippen molar-refractivity contribution in [1.82, 2.24) is 5.32 Å². The van der Waals surface area contributed by atoms with Crippen LogP contribution in [0.15, 0.2) is 23.1 Å². The molecule has 0 saturated heterocycles. The lowest BCUT2D eigenvalue weighted by molar-refractivity contribution is 0.585. The van der Waals surface area contributed by atoms with E-state index in [1.165, 1.54) is 10.5 Å². The molecule has 0 atom stereocenters. The summed E-state index contributed by atoms with van der Waals surface area (Å²) in [6.07, 6.45) is 0. The number of hydrogen-bond acceptors (Lipinski definition) is 2. The van der Waals surface area contributed by atoms with Gasteiger partial charge in [0, 0.05) is 22.5 Å². The summed E-state index contributed by atoms with van der Waals surface area (Å²) in [7, 11) is 0. The molecule has 0 aliphatic carbocycles. The Balaban J connectivity index is 2.77. The van der Waals surface area contributed by atoms with Crippen LogP contribution in [0.25, 0.3) is 0 Å². The Morgan fingerprint density at radius 1 is 1.40 bits per heavy atom. The number of hydrogen-bond donors (Lipinski definition) is 1. The van der Waals surface area contributed by atoms with Crippen LogP contribution in [0, 0.1) is 0 Å². The molecule has 0 aromatic heterocycles. The van der Waals surface area contributed by atoms with Gasteiger partial charge in [0.1, 0.15) is 0 Å². The smallest absolute Gasteiger partial charge is 0.0410 e. The first kappa shape index (κ1) is 12.9. The van der Waals surface area contributed by atoms with Crippen LogP contribution >= 0.6 is 23.4 Å². The van der Waals surface area contributed by atoms with Gasteiger partial charge in [0.2, 0.25) is 0 Å². The fourth-order valence-electron chi connectivity index (χ4n) is 1.30. The molecule has 0 radical (unpaired) electrons. The normalized spacial score (nSPS) is 11.0. The first-order chi connectivity index (χ1) is 7.13. The van der Waals surface area contributed by atoms with E-state index in [4.69, 9.17) is 11.6 Å². The summed E-state index contributed by atoms with van der Waals surface area (Å²) in [5, 5.41) is 4.23. The average molecular weight is 244 g/mol. The molecule has 0 saturated carbocycles. The lowest BCUT2D eigenvalue weighted by atomic mass is 10.2. The molecule has 1 N–H and O–H groups in total. The van der Waals surface area contributed by atoms with Gasteiger partial charge in [-0.2, -0.15) is 0 Å². The molecule has 0 aliphatic rings. The lowest BCUT2D eigenvalue weighted by Crippen LogP contribution is -2.22. The van der Waals surface area contributed by atoms with Gasteiger partial charge in [-0.25, -0.2) is 0 Å². The second-order valence-electron chi connectivity index (χ2n) is 3.72. The van der Waals surface area contributed by atoms with Gasteiger partial charge >= 0.3 is 0 Å². The summed E-state index contributed by atoms with van der Waals surface area (Å²) in [6, 6.07) is 6.62. The molecule has 3 heteroatoms. The third-order valence-electron chi connectivity index (χ3n) is 2.02. The summed E-state index contributed by atoms with van der Waals surface area (Å²) < 4.78 is 0. The van der Waals surface area contributed by atoms with Crippen molar-refractivity contribution in [1.29, 1.82) is 0 Å². The van der Waals surface area contributed by atoms with E-state index in [0.717, 1.165) is 17.3 Å². The van der Waals surface area contributed by atoms with Crippen LogP contribution in [-0.2, 0) is 6.54 Å². The predicted octanol–water partition coefficient (Wildman–Crippen LogP) is 3.95. The highest BCUT2D eigenvalue weighted by Gasteiger charge is 2.04. The Labute approximate surface area is 102 Å². The van der Waals surface area contributed by atoms with E-state index in [1.54, 1.807) is 0 Å². The van der Waals surface area contributed by atoms with Gasteiger partial charge in [0.05, 0.1) is 0 Å². The van der Waals surface area contributed by atoms with Crippen LogP contribution in [0.3, 0.4) is 0 Å².